The molecule has 2 rings (SSSR count). The lowest BCUT2D eigenvalue weighted by molar-refractivity contribution is 0.0705. The Labute approximate surface area is 139 Å². The van der Waals surface area contributed by atoms with Crippen molar-refractivity contribution >= 4 is 0 Å². The van der Waals surface area contributed by atoms with Crippen LogP contribution in [-0.2, 0) is 6.54 Å². The van der Waals surface area contributed by atoms with Crippen LogP contribution in [0.2, 0.25) is 0 Å². The fourth-order valence-corrected chi connectivity index (χ4v) is 2.75. The minimum absolute atomic E-state index is 0.278. The van der Waals surface area contributed by atoms with Gasteiger partial charge in [-0.2, -0.15) is 0 Å². The smallest absolute Gasteiger partial charge is 0.161 e. The zero-order chi connectivity index (χ0) is 16.7. The molecule has 1 heterocycles. The zero-order valence-electron chi connectivity index (χ0n) is 14.6. The molecule has 1 aromatic carbocycles. The lowest BCUT2D eigenvalue weighted by atomic mass is 10.1. The van der Waals surface area contributed by atoms with Crippen LogP contribution in [0.5, 0.6) is 11.5 Å². The Bertz CT molecular complexity index is 473. The quantitative estimate of drug-likeness (QED) is 0.714. The molecule has 1 aromatic rings. The van der Waals surface area contributed by atoms with E-state index < -0.39 is 6.10 Å². The predicted octanol–water partition coefficient (Wildman–Crippen LogP) is 1.98. The van der Waals surface area contributed by atoms with Crippen molar-refractivity contribution in [2.45, 2.75) is 32.9 Å². The second-order valence-corrected chi connectivity index (χ2v) is 6.07. The van der Waals surface area contributed by atoms with Crippen molar-refractivity contribution in [2.24, 2.45) is 0 Å². The van der Waals surface area contributed by atoms with Gasteiger partial charge in [-0.05, 0) is 50.3 Å². The van der Waals surface area contributed by atoms with Crippen LogP contribution in [0.25, 0.3) is 0 Å². The number of aliphatic hydroxyl groups excluding tert-OH is 1. The van der Waals surface area contributed by atoms with Gasteiger partial charge >= 0.3 is 0 Å². The summed E-state index contributed by atoms with van der Waals surface area (Å²) in [6.45, 7) is 10.3. The number of hydrogen-bond acceptors (Lipinski definition) is 5. The van der Waals surface area contributed by atoms with Gasteiger partial charge in [-0.15, -0.1) is 0 Å². The Morgan fingerprint density at radius 3 is 2.52 bits per heavy atom. The second-order valence-electron chi connectivity index (χ2n) is 6.07. The van der Waals surface area contributed by atoms with E-state index in [-0.39, 0.29) is 6.61 Å². The summed E-state index contributed by atoms with van der Waals surface area (Å²) < 4.78 is 11.2. The molecule has 0 radical (unpaired) electrons. The van der Waals surface area contributed by atoms with E-state index in [1.165, 1.54) is 25.1 Å². The van der Waals surface area contributed by atoms with Crippen molar-refractivity contribution in [3.8, 4) is 11.5 Å². The standard InChI is InChI=1S/C18H30N2O3/c1-4-19(5-2)13-16(21)14-23-18-11-15(7-8-17(18)22-3)12-20-9-6-10-20/h7-8,11,16,21H,4-6,9-10,12-14H2,1-3H3/t16-/m0/s1. The molecule has 1 atom stereocenters. The first-order valence-electron chi connectivity index (χ1n) is 8.58. The summed E-state index contributed by atoms with van der Waals surface area (Å²) in [6.07, 6.45) is 0.787. The molecule has 5 nitrogen and oxygen atoms in total. The number of nitrogens with zero attached hydrogens (tertiary/aromatic N) is 2. The highest BCUT2D eigenvalue weighted by Crippen LogP contribution is 2.29. The third-order valence-electron chi connectivity index (χ3n) is 4.38. The van der Waals surface area contributed by atoms with E-state index >= 15 is 0 Å². The van der Waals surface area contributed by atoms with Crippen LogP contribution in [0.4, 0.5) is 0 Å². The average Bonchev–Trinajstić information content (AvgIpc) is 2.54. The monoisotopic (exact) mass is 322 g/mol. The van der Waals surface area contributed by atoms with Crippen molar-refractivity contribution in [1.82, 2.24) is 9.80 Å². The summed E-state index contributed by atoms with van der Waals surface area (Å²) in [4.78, 5) is 4.59. The maximum Gasteiger partial charge on any atom is 0.161 e. The van der Waals surface area contributed by atoms with Gasteiger partial charge in [0.05, 0.1) is 7.11 Å². The molecule has 1 aliphatic heterocycles. The van der Waals surface area contributed by atoms with Crippen LogP contribution in [0.15, 0.2) is 18.2 Å². The molecule has 1 fully saturated rings. The predicted molar refractivity (Wildman–Crippen MR) is 92.2 cm³/mol. The third kappa shape index (κ3) is 5.37. The first-order valence-corrected chi connectivity index (χ1v) is 8.58. The Morgan fingerprint density at radius 2 is 1.96 bits per heavy atom. The van der Waals surface area contributed by atoms with Gasteiger partial charge in [0.25, 0.3) is 0 Å². The number of benzene rings is 1. The lowest BCUT2D eigenvalue weighted by Gasteiger charge is -2.30. The highest BCUT2D eigenvalue weighted by atomic mass is 16.5. The molecule has 1 saturated heterocycles. The van der Waals surface area contributed by atoms with E-state index in [9.17, 15) is 5.11 Å². The lowest BCUT2D eigenvalue weighted by Crippen LogP contribution is -2.36. The fourth-order valence-electron chi connectivity index (χ4n) is 2.75. The highest BCUT2D eigenvalue weighted by molar-refractivity contribution is 5.43. The molecule has 130 valence electrons. The molecule has 5 heteroatoms. The Morgan fingerprint density at radius 1 is 1.22 bits per heavy atom. The number of aliphatic hydroxyl groups is 1. The molecule has 0 saturated carbocycles. The van der Waals surface area contributed by atoms with Gasteiger partial charge in [0.2, 0.25) is 0 Å². The molecule has 0 unspecified atom stereocenters. The van der Waals surface area contributed by atoms with Gasteiger partial charge in [-0.1, -0.05) is 19.9 Å². The molecule has 0 bridgehead atoms. The van der Waals surface area contributed by atoms with Crippen molar-refractivity contribution in [2.75, 3.05) is 46.4 Å². The minimum Gasteiger partial charge on any atom is -0.493 e. The van der Waals surface area contributed by atoms with Crippen LogP contribution in [0.1, 0.15) is 25.8 Å². The van der Waals surface area contributed by atoms with Crippen LogP contribution in [-0.4, -0.2) is 67.5 Å². The first-order chi connectivity index (χ1) is 11.2. The van der Waals surface area contributed by atoms with E-state index in [0.717, 1.165) is 19.6 Å². The van der Waals surface area contributed by atoms with Crippen LogP contribution in [0, 0.1) is 0 Å². The molecule has 23 heavy (non-hydrogen) atoms. The Kier molecular flexibility index (Phi) is 7.15. The van der Waals surface area contributed by atoms with Crippen LogP contribution in [0.3, 0.4) is 0 Å². The molecule has 0 amide bonds. The van der Waals surface area contributed by atoms with E-state index in [2.05, 4.69) is 29.7 Å². The number of likely N-dealkylation sites (N-methyl/N-ethyl adjacent to an activating group) is 1. The van der Waals surface area contributed by atoms with E-state index in [0.29, 0.717) is 18.0 Å². The Balaban J connectivity index is 1.92. The SMILES string of the molecule is CCN(CC)C[C@H](O)COc1cc(CN2CCC2)ccc1OC. The summed E-state index contributed by atoms with van der Waals surface area (Å²) in [7, 11) is 1.64. The van der Waals surface area contributed by atoms with E-state index in [1.807, 2.05) is 12.1 Å². The molecular formula is C18H30N2O3. The maximum atomic E-state index is 10.2. The molecule has 0 aliphatic carbocycles. The van der Waals surface area contributed by atoms with Gasteiger partial charge in [0.1, 0.15) is 12.7 Å². The summed E-state index contributed by atoms with van der Waals surface area (Å²) in [5.74, 6) is 1.43. The summed E-state index contributed by atoms with van der Waals surface area (Å²) in [5, 5.41) is 10.2. The molecular weight excluding hydrogens is 292 g/mol. The van der Waals surface area contributed by atoms with Gasteiger partial charge in [-0.25, -0.2) is 0 Å². The van der Waals surface area contributed by atoms with Crippen LogP contribution >= 0.6 is 0 Å². The van der Waals surface area contributed by atoms with Crippen molar-refractivity contribution in [1.29, 1.82) is 0 Å². The second kappa shape index (κ2) is 9.11. The van der Waals surface area contributed by atoms with Crippen LogP contribution < -0.4 is 9.47 Å². The summed E-state index contributed by atoms with van der Waals surface area (Å²) in [5.41, 5.74) is 1.22. The van der Waals surface area contributed by atoms with Gasteiger partial charge in [0.15, 0.2) is 11.5 Å². The van der Waals surface area contributed by atoms with Gasteiger partial charge in [0, 0.05) is 13.1 Å². The number of likely N-dealkylation sites (tertiary alicyclic amines) is 1. The van der Waals surface area contributed by atoms with Gasteiger partial charge in [-0.3, -0.25) is 4.90 Å². The van der Waals surface area contributed by atoms with Crippen molar-refractivity contribution < 1.29 is 14.6 Å². The van der Waals surface area contributed by atoms with Crippen molar-refractivity contribution in [3.05, 3.63) is 23.8 Å². The van der Waals surface area contributed by atoms with E-state index in [4.69, 9.17) is 9.47 Å². The Hall–Kier alpha value is -1.30. The van der Waals surface area contributed by atoms with Gasteiger partial charge < -0.3 is 19.5 Å². The topological polar surface area (TPSA) is 45.2 Å². The largest absolute Gasteiger partial charge is 0.493 e. The molecule has 1 N–H and O–H groups in total. The summed E-state index contributed by atoms with van der Waals surface area (Å²) in [6, 6.07) is 6.05. The zero-order valence-corrected chi connectivity index (χ0v) is 14.6. The third-order valence-corrected chi connectivity index (χ3v) is 4.38. The molecule has 0 spiro atoms. The van der Waals surface area contributed by atoms with E-state index in [1.54, 1.807) is 7.11 Å². The fraction of sp³-hybridized carbons (Fsp3) is 0.667. The number of rotatable bonds is 10. The summed E-state index contributed by atoms with van der Waals surface area (Å²) >= 11 is 0. The number of hydrogen-bond donors (Lipinski definition) is 1. The highest BCUT2D eigenvalue weighted by Gasteiger charge is 2.16. The molecule has 0 aromatic heterocycles. The average molecular weight is 322 g/mol. The molecule has 1 aliphatic rings. The van der Waals surface area contributed by atoms with Crippen molar-refractivity contribution in [3.63, 3.8) is 0 Å². The first kappa shape index (κ1) is 18.0. The maximum absolute atomic E-state index is 10.2. The minimum atomic E-state index is -0.501. The number of methoxy groups -OCH3 is 1. The number of ether oxygens (including phenoxy) is 2. The normalized spacial score (nSPS) is 16.2.